The number of para-hydroxylation sites is 4. The lowest BCUT2D eigenvalue weighted by atomic mass is 9.84. The highest BCUT2D eigenvalue weighted by atomic mass is 16.3. The Bertz CT molecular complexity index is 9580. The van der Waals surface area contributed by atoms with Crippen LogP contribution in [0.3, 0.4) is 0 Å². The molecule has 2 aromatic heterocycles. The second-order valence-electron chi connectivity index (χ2n) is 36.1. The third-order valence-corrected chi connectivity index (χ3v) is 28.3. The van der Waals surface area contributed by atoms with Crippen molar-refractivity contribution in [2.24, 2.45) is 0 Å². The molecule has 2 heterocycles. The van der Waals surface area contributed by atoms with Gasteiger partial charge >= 0.3 is 0 Å². The van der Waals surface area contributed by atoms with Crippen LogP contribution in [0.25, 0.3) is 269 Å². The van der Waals surface area contributed by atoms with E-state index in [1.54, 1.807) is 0 Å². The summed E-state index contributed by atoms with van der Waals surface area (Å²) in [6, 6.07) is 189. The molecular weight excluding hydrogens is 1670 g/mol. The first-order chi connectivity index (χ1) is 68.4. The lowest BCUT2D eigenvalue weighted by Crippen LogP contribution is -1.97. The van der Waals surface area contributed by atoms with Crippen LogP contribution in [0.2, 0.25) is 0 Å². The number of fused-ring (bicyclic) bond motifs is 15. The third-order valence-electron chi connectivity index (χ3n) is 28.3. The molecule has 0 atom stereocenters. The van der Waals surface area contributed by atoms with E-state index in [9.17, 15) is 0 Å². The third kappa shape index (κ3) is 14.3. The maximum atomic E-state index is 6.16. The minimum atomic E-state index is 0.918. The zero-order valence-electron chi connectivity index (χ0n) is 75.5. The fraction of sp³-hybridized carbons (Fsp3) is 0. The largest absolute Gasteiger partial charge is 0.456 e. The number of rotatable bonds is 11. The summed E-state index contributed by atoms with van der Waals surface area (Å²) < 4.78 is 8.42. The highest BCUT2D eigenvalue weighted by Crippen LogP contribution is 2.51. The smallest absolute Gasteiger partial charge is 0.145 e. The highest BCUT2D eigenvalue weighted by Gasteiger charge is 2.25. The Morgan fingerprint density at radius 3 is 0.913 bits per heavy atom. The number of hydrogen-bond donors (Lipinski definition) is 0. The van der Waals surface area contributed by atoms with Gasteiger partial charge in [-0.2, -0.15) is 0 Å². The molecule has 28 rings (SSSR count). The van der Waals surface area contributed by atoms with Crippen LogP contribution in [0, 0.1) is 0 Å². The zero-order chi connectivity index (χ0) is 91.1. The topological polar surface area (TPSA) is 31.0 Å². The van der Waals surface area contributed by atoms with Gasteiger partial charge in [0.2, 0.25) is 0 Å². The van der Waals surface area contributed by atoms with Crippen molar-refractivity contribution in [3.63, 3.8) is 0 Å². The lowest BCUT2D eigenvalue weighted by molar-refractivity contribution is 0.669. The SMILES string of the molecule is c1ccc(-n2c(-c3ccc(-c4ccc5c(-c6ccc7ccccc7c6)c6ccccc6c(-c6ccc7ccccc7c6)c5c4)cc3)nc3ccccc32)cc1.c1ccc2cc(-c3ccc(-c4c5ccccc5c(-c5ccc6oc7ccccc7c6c5)c5ccccc45)cc3)ccc2c1.c1ccc2cc(-c3ccc(-c4c5ccccc5c(-c5cccc6ccccc56)c5ccccc45)cc3)ccc2c1. The fourth-order valence-corrected chi connectivity index (χ4v) is 21.7. The van der Waals surface area contributed by atoms with Crippen molar-refractivity contribution in [2.45, 2.75) is 0 Å². The van der Waals surface area contributed by atoms with Gasteiger partial charge in [-0.3, -0.25) is 4.57 Å². The van der Waals surface area contributed by atoms with Gasteiger partial charge in [-0.05, 0) is 291 Å². The summed E-state index contributed by atoms with van der Waals surface area (Å²) in [7, 11) is 0. The first-order valence-electron chi connectivity index (χ1n) is 47.5. The summed E-state index contributed by atoms with van der Waals surface area (Å²) in [5.41, 5.74) is 28.4. The van der Waals surface area contributed by atoms with E-state index in [1.165, 1.54) is 213 Å². The van der Waals surface area contributed by atoms with Gasteiger partial charge in [-0.25, -0.2) is 4.98 Å². The molecule has 0 amide bonds. The molecule has 138 heavy (non-hydrogen) atoms. The van der Waals surface area contributed by atoms with Crippen LogP contribution >= 0.6 is 0 Å². The van der Waals surface area contributed by atoms with Crippen LogP contribution in [0.5, 0.6) is 0 Å². The van der Waals surface area contributed by atoms with Crippen LogP contribution in [0.4, 0.5) is 0 Å². The number of nitrogens with zero attached hydrogens (tertiary/aromatic N) is 2. The van der Waals surface area contributed by atoms with E-state index in [4.69, 9.17) is 9.40 Å². The van der Waals surface area contributed by atoms with Gasteiger partial charge < -0.3 is 4.42 Å². The van der Waals surface area contributed by atoms with Crippen molar-refractivity contribution >= 4 is 151 Å². The maximum Gasteiger partial charge on any atom is 0.145 e. The Kier molecular flexibility index (Phi) is 20.0. The summed E-state index contributed by atoms with van der Waals surface area (Å²) in [6.45, 7) is 0. The monoisotopic (exact) mass is 1750 g/mol. The molecule has 0 unspecified atom stereocenters. The van der Waals surface area contributed by atoms with Crippen LogP contribution in [-0.4, -0.2) is 9.55 Å². The van der Waals surface area contributed by atoms with Gasteiger partial charge in [-0.1, -0.05) is 449 Å². The average molecular weight is 1750 g/mol. The van der Waals surface area contributed by atoms with Gasteiger partial charge in [0.15, 0.2) is 0 Å². The zero-order valence-corrected chi connectivity index (χ0v) is 75.5. The standard InChI is InChI=1S/C53H34N2.C42H26O.C40H26/c1-2-16-44(17-3-1)55-50-21-11-10-20-49(50)54-53(55)38-26-22-37(23-27-38)41-30-31-47-48(34-41)52(43-29-25-36-13-5-7-15-40(36)33-43)46-19-9-8-18-45(46)51(47)42-28-24-35-12-4-6-14-39(35)32-42;1-2-10-30-25-31(22-19-27(30)9-1)28-17-20-29(21-18-28)41-34-12-3-5-14-36(34)42(37-15-6-4-13-35(37)41)32-23-24-40-38(26-32)33-11-7-8-16-39(33)43-40;1-2-12-31-26-32(25-22-27(31)10-1)28-20-23-30(24-21-28)39-35-15-5-7-17-37(35)40(38-18-8-6-16-36(38)39)34-19-9-13-29-11-3-4-14-33(29)34/h1-34H;1-26H;1-26H. The van der Waals surface area contributed by atoms with Crippen LogP contribution in [0.15, 0.2) is 526 Å². The molecule has 0 bridgehead atoms. The minimum absolute atomic E-state index is 0.918. The molecule has 3 nitrogen and oxygen atoms in total. The molecule has 0 radical (unpaired) electrons. The Balaban J connectivity index is 0.000000109. The summed E-state index contributed by atoms with van der Waals surface area (Å²) in [4.78, 5) is 5.12. The lowest BCUT2D eigenvalue weighted by Gasteiger charge is -2.19. The molecule has 0 N–H and O–H groups in total. The molecule has 28 aromatic rings. The number of imidazole rings is 1. The number of benzene rings is 26. The first kappa shape index (κ1) is 80.7. The molecule has 642 valence electrons. The Morgan fingerprint density at radius 2 is 0.442 bits per heavy atom. The summed E-state index contributed by atoms with van der Waals surface area (Å²) in [5.74, 6) is 0.933. The Morgan fingerprint density at radius 1 is 0.152 bits per heavy atom. The van der Waals surface area contributed by atoms with Gasteiger partial charge in [0.1, 0.15) is 17.0 Å². The predicted octanol–water partition coefficient (Wildman–Crippen LogP) is 37.7. The van der Waals surface area contributed by atoms with E-state index in [0.29, 0.717) is 0 Å². The summed E-state index contributed by atoms with van der Waals surface area (Å²) >= 11 is 0. The van der Waals surface area contributed by atoms with Crippen molar-refractivity contribution < 1.29 is 4.42 Å². The average Bonchev–Trinajstić information content (AvgIpc) is 1.48. The molecule has 0 aliphatic carbocycles. The van der Waals surface area contributed by atoms with Crippen molar-refractivity contribution in [3.8, 4) is 117 Å². The molecule has 0 aliphatic rings. The van der Waals surface area contributed by atoms with Gasteiger partial charge in [0, 0.05) is 22.0 Å². The number of aromatic nitrogens is 2. The van der Waals surface area contributed by atoms with Gasteiger partial charge in [0.05, 0.1) is 11.0 Å². The molecule has 0 aliphatic heterocycles. The summed E-state index contributed by atoms with van der Waals surface area (Å²) in [6.07, 6.45) is 0. The van der Waals surface area contributed by atoms with Crippen LogP contribution in [-0.2, 0) is 0 Å². The fourth-order valence-electron chi connectivity index (χ4n) is 21.7. The van der Waals surface area contributed by atoms with Gasteiger partial charge in [0.25, 0.3) is 0 Å². The number of furan rings is 1. The second-order valence-corrected chi connectivity index (χ2v) is 36.1. The maximum absolute atomic E-state index is 6.16. The molecule has 3 heteroatoms. The predicted molar refractivity (Wildman–Crippen MR) is 588 cm³/mol. The van der Waals surface area contributed by atoms with Crippen molar-refractivity contribution in [3.05, 3.63) is 522 Å². The molecular formula is C135H86N2O. The van der Waals surface area contributed by atoms with E-state index < -0.39 is 0 Å². The normalized spacial score (nSPS) is 11.6. The van der Waals surface area contributed by atoms with E-state index in [-0.39, 0.29) is 0 Å². The molecule has 0 saturated carbocycles. The molecule has 0 fully saturated rings. The van der Waals surface area contributed by atoms with E-state index in [0.717, 1.165) is 55.6 Å². The first-order valence-corrected chi connectivity index (χ1v) is 47.5. The van der Waals surface area contributed by atoms with E-state index in [2.05, 4.69) is 514 Å². The molecule has 0 saturated heterocycles. The Hall–Kier alpha value is -18.2. The second kappa shape index (κ2) is 34.2. The number of hydrogen-bond acceptors (Lipinski definition) is 2. The molecule has 0 spiro atoms. The highest BCUT2D eigenvalue weighted by molar-refractivity contribution is 6.27. The van der Waals surface area contributed by atoms with Crippen LogP contribution < -0.4 is 0 Å². The van der Waals surface area contributed by atoms with Crippen LogP contribution in [0.1, 0.15) is 0 Å². The van der Waals surface area contributed by atoms with E-state index in [1.807, 2.05) is 12.1 Å². The van der Waals surface area contributed by atoms with Crippen molar-refractivity contribution in [2.75, 3.05) is 0 Å². The van der Waals surface area contributed by atoms with Crippen molar-refractivity contribution in [1.82, 2.24) is 9.55 Å². The molecule has 26 aromatic carbocycles. The van der Waals surface area contributed by atoms with E-state index >= 15 is 0 Å². The minimum Gasteiger partial charge on any atom is -0.456 e. The van der Waals surface area contributed by atoms with Gasteiger partial charge in [-0.15, -0.1) is 0 Å². The summed E-state index contributed by atoms with van der Waals surface area (Å²) in [5, 5.41) is 30.0. The van der Waals surface area contributed by atoms with Crippen molar-refractivity contribution in [1.29, 1.82) is 0 Å². The Labute approximate surface area is 798 Å². The quantitative estimate of drug-likeness (QED) is 0.121.